The first-order chi connectivity index (χ1) is 8.74. The molecule has 102 valence electrons. The Labute approximate surface area is 123 Å². The number of hydrogen-bond donors (Lipinski definition) is 1. The number of nitrogens with one attached hydrogen (secondary N) is 1. The average Bonchev–Trinajstić information content (AvgIpc) is 2.76. The van der Waals surface area contributed by atoms with Crippen LogP contribution >= 0.6 is 27.3 Å². The molecule has 4 heteroatoms. The van der Waals surface area contributed by atoms with E-state index in [0.29, 0.717) is 0 Å². The van der Waals surface area contributed by atoms with E-state index in [1.54, 1.807) is 0 Å². The van der Waals surface area contributed by atoms with Crippen LogP contribution in [0.3, 0.4) is 0 Å². The Balaban J connectivity index is 1.60. The Morgan fingerprint density at radius 1 is 1.33 bits per heavy atom. The summed E-state index contributed by atoms with van der Waals surface area (Å²) in [5.41, 5.74) is 0. The highest BCUT2D eigenvalue weighted by molar-refractivity contribution is 9.11. The zero-order valence-electron chi connectivity index (χ0n) is 11.1. The third-order valence-corrected chi connectivity index (χ3v) is 5.06. The SMILES string of the molecule is CC(CNCc1ccc(Br)s1)CN1CCCCC1. The van der Waals surface area contributed by atoms with E-state index in [-0.39, 0.29) is 0 Å². The van der Waals surface area contributed by atoms with Gasteiger partial charge in [0.05, 0.1) is 3.79 Å². The molecule has 1 saturated heterocycles. The molecule has 2 heterocycles. The van der Waals surface area contributed by atoms with Crippen LogP contribution in [0.25, 0.3) is 0 Å². The molecular weight excluding hydrogens is 308 g/mol. The minimum atomic E-state index is 0.742. The summed E-state index contributed by atoms with van der Waals surface area (Å²) >= 11 is 5.32. The maximum absolute atomic E-state index is 3.57. The zero-order chi connectivity index (χ0) is 12.8. The van der Waals surface area contributed by atoms with Gasteiger partial charge in [0.1, 0.15) is 0 Å². The van der Waals surface area contributed by atoms with E-state index in [1.165, 1.54) is 47.6 Å². The van der Waals surface area contributed by atoms with Crippen molar-refractivity contribution in [2.45, 2.75) is 32.7 Å². The first kappa shape index (κ1) is 14.5. The van der Waals surface area contributed by atoms with E-state index < -0.39 is 0 Å². The third-order valence-electron chi connectivity index (χ3n) is 3.44. The molecule has 0 amide bonds. The van der Waals surface area contributed by atoms with Gasteiger partial charge >= 0.3 is 0 Å². The summed E-state index contributed by atoms with van der Waals surface area (Å²) in [5, 5.41) is 3.57. The first-order valence-corrected chi connectivity index (χ1v) is 8.52. The summed E-state index contributed by atoms with van der Waals surface area (Å²) in [7, 11) is 0. The van der Waals surface area contributed by atoms with Crippen LogP contribution in [-0.4, -0.2) is 31.1 Å². The van der Waals surface area contributed by atoms with E-state index in [1.807, 2.05) is 11.3 Å². The molecule has 0 spiro atoms. The van der Waals surface area contributed by atoms with Crippen molar-refractivity contribution in [2.75, 3.05) is 26.2 Å². The van der Waals surface area contributed by atoms with Gasteiger partial charge in [-0.25, -0.2) is 0 Å². The van der Waals surface area contributed by atoms with Crippen LogP contribution in [0.5, 0.6) is 0 Å². The summed E-state index contributed by atoms with van der Waals surface area (Å²) < 4.78 is 1.22. The maximum atomic E-state index is 3.57. The predicted octanol–water partition coefficient (Wildman–Crippen LogP) is 3.72. The molecule has 1 atom stereocenters. The summed E-state index contributed by atoms with van der Waals surface area (Å²) in [6, 6.07) is 4.32. The highest BCUT2D eigenvalue weighted by atomic mass is 79.9. The van der Waals surface area contributed by atoms with Crippen LogP contribution in [0.1, 0.15) is 31.1 Å². The molecule has 2 rings (SSSR count). The van der Waals surface area contributed by atoms with Crippen LogP contribution < -0.4 is 5.32 Å². The van der Waals surface area contributed by atoms with Crippen LogP contribution in [-0.2, 0) is 6.54 Å². The molecular formula is C14H23BrN2S. The lowest BCUT2D eigenvalue weighted by molar-refractivity contribution is 0.199. The number of thiophene rings is 1. The minimum Gasteiger partial charge on any atom is -0.312 e. The quantitative estimate of drug-likeness (QED) is 0.855. The van der Waals surface area contributed by atoms with Gasteiger partial charge in [0.2, 0.25) is 0 Å². The lowest BCUT2D eigenvalue weighted by Crippen LogP contribution is -2.36. The Bertz CT molecular complexity index is 347. The second kappa shape index (κ2) is 7.63. The topological polar surface area (TPSA) is 15.3 Å². The zero-order valence-corrected chi connectivity index (χ0v) is 13.5. The third kappa shape index (κ3) is 5.00. The van der Waals surface area contributed by atoms with Crippen molar-refractivity contribution in [3.63, 3.8) is 0 Å². The van der Waals surface area contributed by atoms with E-state index >= 15 is 0 Å². The van der Waals surface area contributed by atoms with Gasteiger partial charge in [-0.2, -0.15) is 0 Å². The van der Waals surface area contributed by atoms with Crippen LogP contribution in [0, 0.1) is 5.92 Å². The molecule has 1 unspecified atom stereocenters. The highest BCUT2D eigenvalue weighted by Gasteiger charge is 2.13. The molecule has 0 aliphatic carbocycles. The average molecular weight is 331 g/mol. The van der Waals surface area contributed by atoms with Gasteiger partial charge in [-0.05, 0) is 66.5 Å². The van der Waals surface area contributed by atoms with Gasteiger partial charge in [0, 0.05) is 18.0 Å². The maximum Gasteiger partial charge on any atom is 0.0701 e. The number of piperidine rings is 1. The smallest absolute Gasteiger partial charge is 0.0701 e. The fraction of sp³-hybridized carbons (Fsp3) is 0.714. The van der Waals surface area contributed by atoms with Crippen LogP contribution in [0.15, 0.2) is 15.9 Å². The van der Waals surface area contributed by atoms with E-state index in [2.05, 4.69) is 45.2 Å². The van der Waals surface area contributed by atoms with Gasteiger partial charge in [-0.15, -0.1) is 11.3 Å². The molecule has 0 bridgehead atoms. The Kier molecular flexibility index (Phi) is 6.15. The number of hydrogen-bond acceptors (Lipinski definition) is 3. The van der Waals surface area contributed by atoms with Crippen molar-refractivity contribution >= 4 is 27.3 Å². The van der Waals surface area contributed by atoms with Crippen molar-refractivity contribution in [2.24, 2.45) is 5.92 Å². The van der Waals surface area contributed by atoms with Crippen LogP contribution in [0.4, 0.5) is 0 Å². The van der Waals surface area contributed by atoms with E-state index in [4.69, 9.17) is 0 Å². The molecule has 1 N–H and O–H groups in total. The highest BCUT2D eigenvalue weighted by Crippen LogP contribution is 2.21. The summed E-state index contributed by atoms with van der Waals surface area (Å²) in [5.74, 6) is 0.742. The molecule has 1 aliphatic heterocycles. The van der Waals surface area contributed by atoms with Gasteiger partial charge in [-0.1, -0.05) is 13.3 Å². The lowest BCUT2D eigenvalue weighted by atomic mass is 10.1. The van der Waals surface area contributed by atoms with Crippen LogP contribution in [0.2, 0.25) is 0 Å². The molecule has 0 radical (unpaired) electrons. The summed E-state index contributed by atoms with van der Waals surface area (Å²) in [4.78, 5) is 4.03. The molecule has 0 aromatic carbocycles. The molecule has 1 aromatic rings. The largest absolute Gasteiger partial charge is 0.312 e. The molecule has 1 aliphatic rings. The number of likely N-dealkylation sites (tertiary alicyclic amines) is 1. The minimum absolute atomic E-state index is 0.742. The van der Waals surface area contributed by atoms with Gasteiger partial charge in [-0.3, -0.25) is 0 Å². The molecule has 0 saturated carbocycles. The van der Waals surface area contributed by atoms with Crippen molar-refractivity contribution in [3.05, 3.63) is 20.8 Å². The van der Waals surface area contributed by atoms with E-state index in [0.717, 1.165) is 19.0 Å². The van der Waals surface area contributed by atoms with Crippen molar-refractivity contribution in [1.29, 1.82) is 0 Å². The van der Waals surface area contributed by atoms with Crippen molar-refractivity contribution < 1.29 is 0 Å². The molecule has 18 heavy (non-hydrogen) atoms. The first-order valence-electron chi connectivity index (χ1n) is 6.91. The van der Waals surface area contributed by atoms with Gasteiger partial charge in [0.15, 0.2) is 0 Å². The summed E-state index contributed by atoms with van der Waals surface area (Å²) in [6.07, 6.45) is 4.21. The fourth-order valence-electron chi connectivity index (χ4n) is 2.54. The Morgan fingerprint density at radius 2 is 2.11 bits per heavy atom. The second-order valence-corrected chi connectivity index (χ2v) is 7.85. The number of nitrogens with zero attached hydrogens (tertiary/aromatic N) is 1. The lowest BCUT2D eigenvalue weighted by Gasteiger charge is -2.29. The number of rotatable bonds is 6. The second-order valence-electron chi connectivity index (χ2n) is 5.30. The molecule has 1 aromatic heterocycles. The Hall–Kier alpha value is 0.1000. The standard InChI is InChI=1S/C14H23BrN2S/c1-12(11-17-7-3-2-4-8-17)9-16-10-13-5-6-14(15)18-13/h5-6,12,16H,2-4,7-11H2,1H3. The normalized spacial score (nSPS) is 19.0. The van der Waals surface area contributed by atoms with Gasteiger partial charge in [0.25, 0.3) is 0 Å². The van der Waals surface area contributed by atoms with Gasteiger partial charge < -0.3 is 10.2 Å². The van der Waals surface area contributed by atoms with Crippen molar-refractivity contribution in [1.82, 2.24) is 10.2 Å². The van der Waals surface area contributed by atoms with Crippen molar-refractivity contribution in [3.8, 4) is 0 Å². The predicted molar refractivity (Wildman–Crippen MR) is 83.2 cm³/mol. The number of halogens is 1. The monoisotopic (exact) mass is 330 g/mol. The van der Waals surface area contributed by atoms with E-state index in [9.17, 15) is 0 Å². The molecule has 2 nitrogen and oxygen atoms in total. The Morgan fingerprint density at radius 3 is 2.78 bits per heavy atom. The fourth-order valence-corrected chi connectivity index (χ4v) is 3.99. The molecule has 1 fully saturated rings. The summed E-state index contributed by atoms with van der Waals surface area (Å²) in [6.45, 7) is 8.34.